The number of rotatable bonds is 4. The van der Waals surface area contributed by atoms with Gasteiger partial charge < -0.3 is 15.8 Å². The Labute approximate surface area is 194 Å². The molecule has 33 heavy (non-hydrogen) atoms. The number of benzene rings is 3. The highest BCUT2D eigenvalue weighted by molar-refractivity contribution is 6.00. The number of carbonyl (C=O) groups is 1. The van der Waals surface area contributed by atoms with Gasteiger partial charge in [0.05, 0.1) is 12.0 Å². The number of nitrogens with two attached hydrogens (primary N) is 1. The highest BCUT2D eigenvalue weighted by Gasteiger charge is 2.41. The van der Waals surface area contributed by atoms with E-state index in [4.69, 9.17) is 15.5 Å². The van der Waals surface area contributed by atoms with E-state index in [2.05, 4.69) is 54.7 Å². The van der Waals surface area contributed by atoms with Gasteiger partial charge in [0, 0.05) is 36.0 Å². The van der Waals surface area contributed by atoms with Gasteiger partial charge >= 0.3 is 0 Å². The lowest BCUT2D eigenvalue weighted by Gasteiger charge is -2.41. The van der Waals surface area contributed by atoms with Gasteiger partial charge in [-0.25, -0.2) is 4.99 Å². The summed E-state index contributed by atoms with van der Waals surface area (Å²) < 4.78 is 5.45. The molecule has 2 heterocycles. The van der Waals surface area contributed by atoms with Crippen molar-refractivity contribution in [1.82, 2.24) is 4.90 Å². The van der Waals surface area contributed by atoms with E-state index in [1.165, 1.54) is 10.8 Å². The van der Waals surface area contributed by atoms with Crippen molar-refractivity contribution in [2.75, 3.05) is 18.5 Å². The first kappa shape index (κ1) is 21.5. The molecule has 1 saturated heterocycles. The van der Waals surface area contributed by atoms with Crippen molar-refractivity contribution in [1.29, 1.82) is 0 Å². The predicted octanol–water partition coefficient (Wildman–Crippen LogP) is 4.83. The fourth-order valence-electron chi connectivity index (χ4n) is 5.18. The fraction of sp³-hybridized carbons (Fsp3) is 0.333. The van der Waals surface area contributed by atoms with Crippen molar-refractivity contribution in [3.63, 3.8) is 0 Å². The molecule has 2 aliphatic heterocycles. The van der Waals surface area contributed by atoms with Crippen molar-refractivity contribution >= 4 is 34.0 Å². The van der Waals surface area contributed by atoms with E-state index < -0.39 is 5.54 Å². The quantitative estimate of drug-likeness (QED) is 0.606. The second kappa shape index (κ2) is 8.52. The second-order valence-electron chi connectivity index (χ2n) is 9.16. The summed E-state index contributed by atoms with van der Waals surface area (Å²) in [6, 6.07) is 20.8. The third-order valence-electron chi connectivity index (χ3n) is 6.90. The van der Waals surface area contributed by atoms with Crippen LogP contribution in [0.5, 0.6) is 0 Å². The van der Waals surface area contributed by atoms with Crippen LogP contribution in [0.4, 0.5) is 11.4 Å². The standard InChI is InChI=1S/C27H30N4O2/c1-18-22(27(2)17-25(32)31(26(28)30-27)20-13-15-33-16-14-20)10-6-11-23(18)29-24-12-5-8-19-7-3-4-9-21(19)24/h3-12,20,29H,13-17H2,1-2H3,(H2,28,30)/t27-/m0/s1. The summed E-state index contributed by atoms with van der Waals surface area (Å²) in [6.45, 7) is 5.39. The maximum Gasteiger partial charge on any atom is 0.232 e. The lowest BCUT2D eigenvalue weighted by atomic mass is 9.84. The number of anilines is 2. The first-order valence-electron chi connectivity index (χ1n) is 11.6. The molecule has 170 valence electrons. The van der Waals surface area contributed by atoms with Gasteiger partial charge in [0.1, 0.15) is 0 Å². The number of aliphatic imine (C=N–C) groups is 1. The Morgan fingerprint density at radius 2 is 1.73 bits per heavy atom. The Kier molecular flexibility index (Phi) is 5.54. The van der Waals surface area contributed by atoms with Gasteiger partial charge in [0.15, 0.2) is 5.96 Å². The van der Waals surface area contributed by atoms with Crippen molar-refractivity contribution in [3.05, 3.63) is 71.8 Å². The van der Waals surface area contributed by atoms with Gasteiger partial charge in [0.25, 0.3) is 0 Å². The Hall–Kier alpha value is -3.38. The highest BCUT2D eigenvalue weighted by Crippen LogP contribution is 2.39. The van der Waals surface area contributed by atoms with Gasteiger partial charge in [-0.2, -0.15) is 0 Å². The number of fused-ring (bicyclic) bond motifs is 1. The normalized spacial score (nSPS) is 21.8. The third-order valence-corrected chi connectivity index (χ3v) is 6.90. The van der Waals surface area contributed by atoms with E-state index in [9.17, 15) is 4.79 Å². The molecule has 6 heteroatoms. The van der Waals surface area contributed by atoms with Crippen molar-refractivity contribution in [2.24, 2.45) is 10.7 Å². The van der Waals surface area contributed by atoms with Crippen LogP contribution in [0.3, 0.4) is 0 Å². The molecule has 0 aromatic heterocycles. The van der Waals surface area contributed by atoms with Crippen LogP contribution in [0.2, 0.25) is 0 Å². The maximum atomic E-state index is 13.2. The number of hydrogen-bond acceptors (Lipinski definition) is 5. The number of nitrogens with one attached hydrogen (secondary N) is 1. The first-order valence-corrected chi connectivity index (χ1v) is 11.6. The maximum absolute atomic E-state index is 13.2. The first-order chi connectivity index (χ1) is 16.0. The average Bonchev–Trinajstić information content (AvgIpc) is 2.81. The summed E-state index contributed by atoms with van der Waals surface area (Å²) in [5, 5.41) is 5.96. The molecule has 0 aliphatic carbocycles. The van der Waals surface area contributed by atoms with Crippen LogP contribution in [0.1, 0.15) is 37.3 Å². The average molecular weight is 443 g/mol. The molecule has 6 nitrogen and oxygen atoms in total. The van der Waals surface area contributed by atoms with Crippen molar-refractivity contribution in [2.45, 2.75) is 44.7 Å². The van der Waals surface area contributed by atoms with E-state index in [-0.39, 0.29) is 11.9 Å². The molecule has 1 atom stereocenters. The topological polar surface area (TPSA) is 80.0 Å². The SMILES string of the molecule is Cc1c(Nc2cccc3ccccc23)cccc1[C@]1(C)CC(=O)N(C2CCOCC2)C(N)=N1. The van der Waals surface area contributed by atoms with Crippen LogP contribution in [-0.4, -0.2) is 36.0 Å². The summed E-state index contributed by atoms with van der Waals surface area (Å²) >= 11 is 0. The zero-order valence-electron chi connectivity index (χ0n) is 19.2. The fourth-order valence-corrected chi connectivity index (χ4v) is 5.18. The number of nitrogens with zero attached hydrogens (tertiary/aromatic N) is 2. The molecule has 0 spiro atoms. The molecule has 2 aliphatic rings. The van der Waals surface area contributed by atoms with Gasteiger partial charge in [-0.1, -0.05) is 48.5 Å². The summed E-state index contributed by atoms with van der Waals surface area (Å²) in [7, 11) is 0. The third kappa shape index (κ3) is 3.95. The van der Waals surface area contributed by atoms with Crippen LogP contribution < -0.4 is 11.1 Å². The van der Waals surface area contributed by atoms with E-state index in [1.54, 1.807) is 4.90 Å². The Morgan fingerprint density at radius 3 is 2.52 bits per heavy atom. The second-order valence-corrected chi connectivity index (χ2v) is 9.16. The molecule has 0 bridgehead atoms. The highest BCUT2D eigenvalue weighted by atomic mass is 16.5. The van der Waals surface area contributed by atoms with Gasteiger partial charge in [-0.05, 0) is 55.3 Å². The van der Waals surface area contributed by atoms with Gasteiger partial charge in [-0.15, -0.1) is 0 Å². The van der Waals surface area contributed by atoms with Crippen LogP contribution in [-0.2, 0) is 15.1 Å². The predicted molar refractivity (Wildman–Crippen MR) is 133 cm³/mol. The lowest BCUT2D eigenvalue weighted by molar-refractivity contribution is -0.132. The number of amides is 1. The number of ether oxygens (including phenoxy) is 1. The molecule has 3 N–H and O–H groups in total. The smallest absolute Gasteiger partial charge is 0.232 e. The largest absolute Gasteiger partial charge is 0.381 e. The van der Waals surface area contributed by atoms with E-state index in [0.29, 0.717) is 25.6 Å². The van der Waals surface area contributed by atoms with Crippen LogP contribution in [0.15, 0.2) is 65.7 Å². The lowest BCUT2D eigenvalue weighted by Crippen LogP contribution is -2.55. The number of guanidine groups is 1. The van der Waals surface area contributed by atoms with Gasteiger partial charge in [0.2, 0.25) is 5.91 Å². The molecule has 0 radical (unpaired) electrons. The number of hydrogen-bond donors (Lipinski definition) is 2. The van der Waals surface area contributed by atoms with Crippen molar-refractivity contribution < 1.29 is 9.53 Å². The molecular weight excluding hydrogens is 412 g/mol. The molecular formula is C27H30N4O2. The Balaban J connectivity index is 1.48. The number of carbonyl (C=O) groups excluding carboxylic acids is 1. The van der Waals surface area contributed by atoms with E-state index >= 15 is 0 Å². The molecule has 3 aromatic rings. The minimum Gasteiger partial charge on any atom is -0.381 e. The Bertz CT molecular complexity index is 1230. The summed E-state index contributed by atoms with van der Waals surface area (Å²) in [4.78, 5) is 19.8. The Morgan fingerprint density at radius 1 is 1.03 bits per heavy atom. The monoisotopic (exact) mass is 442 g/mol. The molecule has 5 rings (SSSR count). The summed E-state index contributed by atoms with van der Waals surface area (Å²) in [6.07, 6.45) is 1.88. The summed E-state index contributed by atoms with van der Waals surface area (Å²) in [5.41, 5.74) is 9.80. The zero-order valence-corrected chi connectivity index (χ0v) is 19.2. The van der Waals surface area contributed by atoms with Gasteiger partial charge in [-0.3, -0.25) is 9.69 Å². The minimum atomic E-state index is -0.705. The van der Waals surface area contributed by atoms with Crippen LogP contribution in [0, 0.1) is 6.92 Å². The molecule has 1 amide bonds. The molecule has 0 saturated carbocycles. The molecule has 0 unspecified atom stereocenters. The van der Waals surface area contributed by atoms with E-state index in [0.717, 1.165) is 35.3 Å². The van der Waals surface area contributed by atoms with Crippen LogP contribution >= 0.6 is 0 Å². The summed E-state index contributed by atoms with van der Waals surface area (Å²) in [5.74, 6) is 0.344. The zero-order chi connectivity index (χ0) is 23.0. The van der Waals surface area contributed by atoms with E-state index in [1.807, 2.05) is 25.1 Å². The van der Waals surface area contributed by atoms with Crippen LogP contribution in [0.25, 0.3) is 10.8 Å². The minimum absolute atomic E-state index is 0.0312. The van der Waals surface area contributed by atoms with Crippen molar-refractivity contribution in [3.8, 4) is 0 Å². The molecule has 1 fully saturated rings. The molecule has 3 aromatic carbocycles.